The van der Waals surface area contributed by atoms with E-state index in [9.17, 15) is 39.6 Å². The van der Waals surface area contributed by atoms with E-state index in [1.807, 2.05) is 0 Å². The molecule has 0 atom stereocenters. The molecule has 0 bridgehead atoms. The highest BCUT2D eigenvalue weighted by atomic mass is 17.1. The Kier molecular flexibility index (Phi) is 15.1. The zero-order valence-corrected chi connectivity index (χ0v) is 25.6. The molecule has 0 rings (SSSR count). The molecule has 14 heteroatoms. The summed E-state index contributed by atoms with van der Waals surface area (Å²) in [6, 6.07) is 0. The minimum atomic E-state index is -3.48. The minimum absolute atomic E-state index is 0.0611. The van der Waals surface area contributed by atoms with Crippen LogP contribution in [0.5, 0.6) is 0 Å². The van der Waals surface area contributed by atoms with E-state index in [2.05, 4.69) is 26.3 Å². The number of hydrogen-bond acceptors (Lipinski definition) is 14. The predicted molar refractivity (Wildman–Crippen MR) is 150 cm³/mol. The molecule has 0 heterocycles. The number of aliphatic hydroxyl groups is 4. The molecule has 0 spiro atoms. The van der Waals surface area contributed by atoms with E-state index in [1.54, 1.807) is 6.92 Å². The molecule has 0 saturated heterocycles. The highest BCUT2D eigenvalue weighted by Crippen LogP contribution is 2.45. The average molecular weight is 617 g/mol. The van der Waals surface area contributed by atoms with Gasteiger partial charge in [0, 0.05) is 27.7 Å². The third kappa shape index (κ3) is 9.81. The Morgan fingerprint density at radius 1 is 0.581 bits per heavy atom. The van der Waals surface area contributed by atoms with E-state index in [-0.39, 0.29) is 35.1 Å². The van der Waals surface area contributed by atoms with Crippen molar-refractivity contribution in [1.29, 1.82) is 0 Å². The molecule has 0 aromatic rings. The van der Waals surface area contributed by atoms with Crippen molar-refractivity contribution in [2.75, 3.05) is 33.0 Å². The number of aliphatic hydroxyl groups excluding tert-OH is 4. The van der Waals surface area contributed by atoms with Crippen LogP contribution < -0.4 is 0 Å². The molecule has 0 radical (unpaired) electrons. The van der Waals surface area contributed by atoms with Gasteiger partial charge in [0.2, 0.25) is 0 Å². The molecular weight excluding hydrogens is 572 g/mol. The Hall–Kier alpha value is -3.40. The second-order valence-electron chi connectivity index (χ2n) is 10.2. The van der Waals surface area contributed by atoms with Gasteiger partial charge in [0.25, 0.3) is 0 Å². The predicted octanol–water partition coefficient (Wildman–Crippen LogP) is 1.52. The van der Waals surface area contributed by atoms with Crippen molar-refractivity contribution in [2.45, 2.75) is 66.5 Å². The van der Waals surface area contributed by atoms with E-state index in [0.29, 0.717) is 0 Å². The van der Waals surface area contributed by atoms with Crippen molar-refractivity contribution in [1.82, 2.24) is 0 Å². The maximum Gasteiger partial charge on any atom is 0.520 e. The van der Waals surface area contributed by atoms with Gasteiger partial charge in [0.05, 0.1) is 33.0 Å². The van der Waals surface area contributed by atoms with E-state index >= 15 is 0 Å². The van der Waals surface area contributed by atoms with E-state index in [1.165, 1.54) is 34.6 Å². The van der Waals surface area contributed by atoms with Crippen molar-refractivity contribution < 1.29 is 68.0 Å². The molecule has 0 unspecified atom stereocenters. The standard InChI is InChI=1S/C29H44O14/c1-11-26(13-30,14-31)17-38-29(41-24(36)20(7)8,42-25(37)21(9)10)43-28(39-22(34)18(3)4,40-23(35)19(5)6)27(12-2,15-32)16-33/h30-33H,3,5,7,9,11-17H2,1-2,4,6,8,10H3. The lowest BCUT2D eigenvalue weighted by Gasteiger charge is -2.47. The summed E-state index contributed by atoms with van der Waals surface area (Å²) in [6.45, 7) is 17.3. The average Bonchev–Trinajstić information content (AvgIpc) is 2.94. The number of carbonyl (C=O) groups excluding carboxylic acids is 4. The van der Waals surface area contributed by atoms with E-state index in [0.717, 1.165) is 0 Å². The summed E-state index contributed by atoms with van der Waals surface area (Å²) in [5.74, 6) is -8.53. The van der Waals surface area contributed by atoms with Gasteiger partial charge < -0.3 is 39.4 Å². The summed E-state index contributed by atoms with van der Waals surface area (Å²) in [6.07, 6.45) is -3.78. The van der Waals surface area contributed by atoms with Gasteiger partial charge in [0.1, 0.15) is 5.41 Å². The number of carbonyl (C=O) groups is 4. The van der Waals surface area contributed by atoms with Gasteiger partial charge in [-0.05, 0) is 40.5 Å². The van der Waals surface area contributed by atoms with Gasteiger partial charge in [-0.2, -0.15) is 0 Å². The van der Waals surface area contributed by atoms with E-state index < -0.39 is 79.9 Å². The molecule has 0 saturated carbocycles. The van der Waals surface area contributed by atoms with Crippen LogP contribution in [0.15, 0.2) is 48.6 Å². The summed E-state index contributed by atoms with van der Waals surface area (Å²) < 4.78 is 33.0. The van der Waals surface area contributed by atoms with Crippen LogP contribution in [0.3, 0.4) is 0 Å². The first-order valence-electron chi connectivity index (χ1n) is 13.2. The molecule has 0 aliphatic carbocycles. The van der Waals surface area contributed by atoms with Crippen LogP contribution in [-0.2, 0) is 47.6 Å². The van der Waals surface area contributed by atoms with Gasteiger partial charge in [-0.15, -0.1) is 0 Å². The van der Waals surface area contributed by atoms with Crippen LogP contribution in [-0.4, -0.2) is 89.5 Å². The Bertz CT molecular complexity index is 1010. The van der Waals surface area contributed by atoms with Crippen LogP contribution in [0, 0.1) is 10.8 Å². The summed E-state index contributed by atoms with van der Waals surface area (Å²) in [7, 11) is 0. The summed E-state index contributed by atoms with van der Waals surface area (Å²) in [5, 5.41) is 41.0. The quantitative estimate of drug-likeness (QED) is 0.0870. The molecule has 4 N–H and O–H groups in total. The molecule has 0 aromatic heterocycles. The van der Waals surface area contributed by atoms with Crippen LogP contribution in [0.4, 0.5) is 0 Å². The molecule has 14 nitrogen and oxygen atoms in total. The largest absolute Gasteiger partial charge is 0.520 e. The molecule has 244 valence electrons. The first-order chi connectivity index (χ1) is 19.8. The van der Waals surface area contributed by atoms with E-state index in [4.69, 9.17) is 28.4 Å². The van der Waals surface area contributed by atoms with Gasteiger partial charge in [-0.1, -0.05) is 40.2 Å². The number of ether oxygens (including phenoxy) is 6. The lowest BCUT2D eigenvalue weighted by Crippen LogP contribution is -2.65. The van der Waals surface area contributed by atoms with Gasteiger partial charge in [0.15, 0.2) is 0 Å². The van der Waals surface area contributed by atoms with Gasteiger partial charge in [-0.3, -0.25) is 4.74 Å². The van der Waals surface area contributed by atoms with Crippen LogP contribution in [0.2, 0.25) is 0 Å². The zero-order valence-electron chi connectivity index (χ0n) is 25.6. The fourth-order valence-corrected chi connectivity index (χ4v) is 2.91. The highest BCUT2D eigenvalue weighted by Gasteiger charge is 2.66. The molecule has 0 aromatic carbocycles. The molecule has 43 heavy (non-hydrogen) atoms. The summed E-state index contributed by atoms with van der Waals surface area (Å²) >= 11 is 0. The maximum atomic E-state index is 13.0. The first-order valence-corrected chi connectivity index (χ1v) is 13.2. The topological polar surface area (TPSA) is 205 Å². The minimum Gasteiger partial charge on any atom is -0.396 e. The maximum absolute atomic E-state index is 13.0. The van der Waals surface area contributed by atoms with Crippen molar-refractivity contribution in [3.8, 4) is 0 Å². The van der Waals surface area contributed by atoms with Gasteiger partial charge >= 0.3 is 36.0 Å². The second kappa shape index (κ2) is 16.4. The zero-order chi connectivity index (χ0) is 33.8. The van der Waals surface area contributed by atoms with Crippen LogP contribution in [0.1, 0.15) is 54.4 Å². The Morgan fingerprint density at radius 2 is 0.930 bits per heavy atom. The van der Waals surface area contributed by atoms with Crippen molar-refractivity contribution in [3.05, 3.63) is 48.6 Å². The molecule has 0 fully saturated rings. The fraction of sp³-hybridized carbons (Fsp3) is 0.586. The van der Waals surface area contributed by atoms with Crippen molar-refractivity contribution in [3.63, 3.8) is 0 Å². The third-order valence-corrected chi connectivity index (χ3v) is 6.45. The smallest absolute Gasteiger partial charge is 0.396 e. The van der Waals surface area contributed by atoms with Crippen LogP contribution in [0.25, 0.3) is 0 Å². The summed E-state index contributed by atoms with van der Waals surface area (Å²) in [5.41, 5.74) is -4.88. The molecule has 0 amide bonds. The highest BCUT2D eigenvalue weighted by molar-refractivity contribution is 5.90. The Morgan fingerprint density at radius 3 is 1.19 bits per heavy atom. The lowest BCUT2D eigenvalue weighted by atomic mass is 9.83. The fourth-order valence-electron chi connectivity index (χ4n) is 2.91. The monoisotopic (exact) mass is 616 g/mol. The van der Waals surface area contributed by atoms with Crippen molar-refractivity contribution >= 4 is 23.9 Å². The normalized spacial score (nSPS) is 12.1. The Labute approximate surface area is 251 Å². The SMILES string of the molecule is C=C(C)C(=O)OC(OCC(CC)(CO)CO)(OC(=O)C(=C)C)OC(OC(=O)C(=C)C)(OC(=O)C(=C)C)C(CC)(CO)CO. The van der Waals surface area contributed by atoms with Crippen LogP contribution >= 0.6 is 0 Å². The molecule has 0 aliphatic rings. The number of esters is 4. The summed E-state index contributed by atoms with van der Waals surface area (Å²) in [4.78, 5) is 51.8. The molecule has 0 aliphatic heterocycles. The number of hydrogen-bond donors (Lipinski definition) is 4. The number of rotatable bonds is 20. The third-order valence-electron chi connectivity index (χ3n) is 6.45. The first kappa shape index (κ1) is 39.6. The lowest BCUT2D eigenvalue weighted by molar-refractivity contribution is -0.559. The second-order valence-corrected chi connectivity index (χ2v) is 10.2. The molecular formula is C29H44O14. The van der Waals surface area contributed by atoms with Gasteiger partial charge in [-0.25, -0.2) is 23.9 Å². The Balaban J connectivity index is 7.98. The van der Waals surface area contributed by atoms with Crippen molar-refractivity contribution in [2.24, 2.45) is 10.8 Å².